The normalized spacial score (nSPS) is 27.7. The lowest BCUT2D eigenvalue weighted by atomic mass is 9.88. The molecule has 0 aliphatic heterocycles. The van der Waals surface area contributed by atoms with E-state index in [-0.39, 0.29) is 0 Å². The van der Waals surface area contributed by atoms with Crippen molar-refractivity contribution in [3.63, 3.8) is 0 Å². The van der Waals surface area contributed by atoms with E-state index < -0.39 is 6.10 Å². The summed E-state index contributed by atoms with van der Waals surface area (Å²) in [5.41, 5.74) is 0. The fourth-order valence-corrected chi connectivity index (χ4v) is 2.93. The molecule has 2 aliphatic rings. The van der Waals surface area contributed by atoms with Gasteiger partial charge in [0.2, 0.25) is 0 Å². The van der Waals surface area contributed by atoms with Crippen LogP contribution in [0.25, 0.3) is 0 Å². The van der Waals surface area contributed by atoms with Gasteiger partial charge in [0.1, 0.15) is 0 Å². The first kappa shape index (κ1) is 17.2. The van der Waals surface area contributed by atoms with Crippen molar-refractivity contribution in [2.24, 2.45) is 11.8 Å². The summed E-state index contributed by atoms with van der Waals surface area (Å²) in [5, 5.41) is 13.2. The highest BCUT2D eigenvalue weighted by atomic mass is 16.5. The predicted molar refractivity (Wildman–Crippen MR) is 84.4 cm³/mol. The molecule has 2 aliphatic carbocycles. The summed E-state index contributed by atoms with van der Waals surface area (Å²) < 4.78 is 11.4. The van der Waals surface area contributed by atoms with Gasteiger partial charge in [-0.2, -0.15) is 0 Å². The van der Waals surface area contributed by atoms with E-state index in [0.717, 1.165) is 38.5 Å². The Kier molecular flexibility index (Phi) is 8.01. The highest BCUT2D eigenvalue weighted by molar-refractivity contribution is 4.73. The zero-order chi connectivity index (χ0) is 14.9. The summed E-state index contributed by atoms with van der Waals surface area (Å²) in [6.45, 7) is 6.01. The van der Waals surface area contributed by atoms with Crippen LogP contribution in [-0.4, -0.2) is 50.2 Å². The lowest BCUT2D eigenvalue weighted by Gasteiger charge is -2.29. The Morgan fingerprint density at radius 3 is 2.76 bits per heavy atom. The average Bonchev–Trinajstić information content (AvgIpc) is 3.29. The summed E-state index contributed by atoms with van der Waals surface area (Å²) in [6.07, 6.45) is 8.68. The predicted octanol–water partition coefficient (Wildman–Crippen LogP) is 2.35. The van der Waals surface area contributed by atoms with Crippen molar-refractivity contribution < 1.29 is 14.6 Å². The molecular formula is C17H33NO3. The Balaban J connectivity index is 1.39. The van der Waals surface area contributed by atoms with Crippen LogP contribution in [0.1, 0.15) is 51.9 Å². The minimum absolute atomic E-state index is 0.351. The molecule has 124 valence electrons. The van der Waals surface area contributed by atoms with Gasteiger partial charge in [-0.1, -0.05) is 19.8 Å². The molecule has 4 heteroatoms. The first-order valence-electron chi connectivity index (χ1n) is 8.84. The van der Waals surface area contributed by atoms with Crippen LogP contribution in [0.4, 0.5) is 0 Å². The molecule has 3 atom stereocenters. The number of aliphatic hydroxyl groups excluding tert-OH is 1. The van der Waals surface area contributed by atoms with Crippen LogP contribution < -0.4 is 5.32 Å². The molecule has 0 aromatic rings. The third-order valence-corrected chi connectivity index (χ3v) is 4.61. The van der Waals surface area contributed by atoms with Crippen molar-refractivity contribution >= 4 is 0 Å². The van der Waals surface area contributed by atoms with Gasteiger partial charge in [0.25, 0.3) is 0 Å². The molecule has 4 nitrogen and oxygen atoms in total. The van der Waals surface area contributed by atoms with Gasteiger partial charge in [-0.3, -0.25) is 0 Å². The smallest absolute Gasteiger partial charge is 0.0897 e. The number of ether oxygens (including phenoxy) is 2. The third kappa shape index (κ3) is 7.59. The fraction of sp³-hybridized carbons (Fsp3) is 1.00. The molecule has 2 saturated carbocycles. The molecule has 0 amide bonds. The second-order valence-electron chi connectivity index (χ2n) is 6.86. The van der Waals surface area contributed by atoms with E-state index in [1.165, 1.54) is 32.1 Å². The molecule has 0 aromatic heterocycles. The maximum Gasteiger partial charge on any atom is 0.0897 e. The molecule has 2 N–H and O–H groups in total. The minimum Gasteiger partial charge on any atom is -0.389 e. The first-order chi connectivity index (χ1) is 10.3. The van der Waals surface area contributed by atoms with Crippen LogP contribution in [0.15, 0.2) is 0 Å². The van der Waals surface area contributed by atoms with Gasteiger partial charge in [0.15, 0.2) is 0 Å². The summed E-state index contributed by atoms with van der Waals surface area (Å²) >= 11 is 0. The Bertz CT molecular complexity index is 271. The zero-order valence-corrected chi connectivity index (χ0v) is 13.6. The topological polar surface area (TPSA) is 50.7 Å². The Labute approximate surface area is 129 Å². The summed E-state index contributed by atoms with van der Waals surface area (Å²) in [7, 11) is 0. The van der Waals surface area contributed by atoms with Crippen LogP contribution >= 0.6 is 0 Å². The molecule has 0 aromatic carbocycles. The van der Waals surface area contributed by atoms with Gasteiger partial charge in [0, 0.05) is 19.8 Å². The molecule has 0 spiro atoms. The Morgan fingerprint density at radius 1 is 1.19 bits per heavy atom. The SMILES string of the molecule is CC1CCCCC1OCC(O)CNCCCOCC1CC1. The second-order valence-corrected chi connectivity index (χ2v) is 6.86. The van der Waals surface area contributed by atoms with Crippen LogP contribution in [0.3, 0.4) is 0 Å². The molecule has 21 heavy (non-hydrogen) atoms. The first-order valence-corrected chi connectivity index (χ1v) is 8.84. The highest BCUT2D eigenvalue weighted by Crippen LogP contribution is 2.28. The number of aliphatic hydroxyl groups is 1. The van der Waals surface area contributed by atoms with E-state index in [1.807, 2.05) is 0 Å². The molecule has 0 bridgehead atoms. The van der Waals surface area contributed by atoms with Gasteiger partial charge in [0.05, 0.1) is 18.8 Å². The molecule has 0 saturated heterocycles. The van der Waals surface area contributed by atoms with Gasteiger partial charge in [-0.15, -0.1) is 0 Å². The lowest BCUT2D eigenvalue weighted by molar-refractivity contribution is -0.0451. The highest BCUT2D eigenvalue weighted by Gasteiger charge is 2.22. The molecule has 2 rings (SSSR count). The minimum atomic E-state index is -0.397. The number of hydrogen-bond donors (Lipinski definition) is 2. The second kappa shape index (κ2) is 9.78. The van der Waals surface area contributed by atoms with E-state index >= 15 is 0 Å². The molecule has 0 heterocycles. The zero-order valence-electron chi connectivity index (χ0n) is 13.6. The third-order valence-electron chi connectivity index (χ3n) is 4.61. The van der Waals surface area contributed by atoms with E-state index in [9.17, 15) is 5.11 Å². The fourth-order valence-electron chi connectivity index (χ4n) is 2.93. The van der Waals surface area contributed by atoms with Crippen LogP contribution in [0.5, 0.6) is 0 Å². The molecule has 0 radical (unpaired) electrons. The van der Waals surface area contributed by atoms with Crippen LogP contribution in [-0.2, 0) is 9.47 Å². The number of rotatable bonds is 11. The summed E-state index contributed by atoms with van der Waals surface area (Å²) in [6, 6.07) is 0. The van der Waals surface area contributed by atoms with Gasteiger partial charge >= 0.3 is 0 Å². The van der Waals surface area contributed by atoms with Crippen molar-refractivity contribution in [2.45, 2.75) is 64.1 Å². The molecule has 2 fully saturated rings. The molecule has 3 unspecified atom stereocenters. The lowest BCUT2D eigenvalue weighted by Crippen LogP contribution is -2.35. The van der Waals surface area contributed by atoms with E-state index in [0.29, 0.717) is 25.2 Å². The van der Waals surface area contributed by atoms with Crippen LogP contribution in [0.2, 0.25) is 0 Å². The van der Waals surface area contributed by atoms with Crippen molar-refractivity contribution in [3.8, 4) is 0 Å². The largest absolute Gasteiger partial charge is 0.389 e. The quantitative estimate of drug-likeness (QED) is 0.575. The van der Waals surface area contributed by atoms with Gasteiger partial charge in [-0.05, 0) is 50.5 Å². The van der Waals surface area contributed by atoms with Crippen molar-refractivity contribution in [1.29, 1.82) is 0 Å². The Morgan fingerprint density at radius 2 is 2.00 bits per heavy atom. The van der Waals surface area contributed by atoms with Crippen LogP contribution in [0, 0.1) is 11.8 Å². The number of hydrogen-bond acceptors (Lipinski definition) is 4. The maximum atomic E-state index is 9.93. The summed E-state index contributed by atoms with van der Waals surface area (Å²) in [4.78, 5) is 0. The maximum absolute atomic E-state index is 9.93. The van der Waals surface area contributed by atoms with Crippen molar-refractivity contribution in [2.75, 3.05) is 32.9 Å². The summed E-state index contributed by atoms with van der Waals surface area (Å²) in [5.74, 6) is 1.49. The van der Waals surface area contributed by atoms with Crippen molar-refractivity contribution in [3.05, 3.63) is 0 Å². The van der Waals surface area contributed by atoms with Gasteiger partial charge < -0.3 is 19.9 Å². The van der Waals surface area contributed by atoms with Gasteiger partial charge in [-0.25, -0.2) is 0 Å². The van der Waals surface area contributed by atoms with E-state index in [1.54, 1.807) is 0 Å². The van der Waals surface area contributed by atoms with E-state index in [2.05, 4.69) is 12.2 Å². The van der Waals surface area contributed by atoms with Crippen molar-refractivity contribution in [1.82, 2.24) is 5.32 Å². The van der Waals surface area contributed by atoms with E-state index in [4.69, 9.17) is 9.47 Å². The number of nitrogens with one attached hydrogen (secondary N) is 1. The Hall–Kier alpha value is -0.160. The average molecular weight is 299 g/mol. The monoisotopic (exact) mass is 299 g/mol. The molecular weight excluding hydrogens is 266 g/mol. The standard InChI is InChI=1S/C17H33NO3/c1-14-5-2-3-6-17(14)21-13-16(19)11-18-9-4-10-20-12-15-7-8-15/h14-19H,2-13H2,1H3.